The van der Waals surface area contributed by atoms with Crippen LogP contribution in [0, 0.1) is 6.92 Å². The lowest BCUT2D eigenvalue weighted by atomic mass is 10.0. The highest BCUT2D eigenvalue weighted by Crippen LogP contribution is 2.24. The maximum absolute atomic E-state index is 12.8. The molecule has 0 spiro atoms. The van der Waals surface area contributed by atoms with Gasteiger partial charge in [0.25, 0.3) is 0 Å². The van der Waals surface area contributed by atoms with Crippen molar-refractivity contribution in [2.45, 2.75) is 33.2 Å². The summed E-state index contributed by atoms with van der Waals surface area (Å²) >= 11 is 5.91. The summed E-state index contributed by atoms with van der Waals surface area (Å²) in [6.45, 7) is 4.97. The number of amides is 1. The van der Waals surface area contributed by atoms with Gasteiger partial charge in [-0.05, 0) is 37.1 Å². The van der Waals surface area contributed by atoms with Crippen molar-refractivity contribution >= 4 is 29.3 Å². The first kappa shape index (κ1) is 20.7. The summed E-state index contributed by atoms with van der Waals surface area (Å²) in [6, 6.07) is 7.09. The van der Waals surface area contributed by atoms with Gasteiger partial charge in [-0.3, -0.25) is 9.59 Å². The van der Waals surface area contributed by atoms with Crippen molar-refractivity contribution in [1.82, 2.24) is 9.88 Å². The van der Waals surface area contributed by atoms with Crippen molar-refractivity contribution in [3.8, 4) is 0 Å². The number of carbonyl (C=O) groups excluding carboxylic acids is 3. The molecule has 1 unspecified atom stereocenters. The molecule has 0 saturated heterocycles. The third-order valence-corrected chi connectivity index (χ3v) is 4.98. The van der Waals surface area contributed by atoms with Gasteiger partial charge in [-0.1, -0.05) is 23.7 Å². The zero-order valence-corrected chi connectivity index (χ0v) is 16.8. The SMILES string of the molecule is COC(=O)c1c(CC(=O)N(C)C(C)c2ccc(Cl)cc2)[nH]c(C(C)=O)c1C. The molecular formula is C20H23ClN2O4. The average Bonchev–Trinajstić information content (AvgIpc) is 2.96. The van der Waals surface area contributed by atoms with E-state index in [-0.39, 0.29) is 29.7 Å². The van der Waals surface area contributed by atoms with Crippen molar-refractivity contribution in [3.63, 3.8) is 0 Å². The number of carbonyl (C=O) groups is 3. The van der Waals surface area contributed by atoms with Crippen molar-refractivity contribution in [2.24, 2.45) is 0 Å². The Morgan fingerprint density at radius 2 is 1.81 bits per heavy atom. The topological polar surface area (TPSA) is 79.5 Å². The average molecular weight is 391 g/mol. The second-order valence-electron chi connectivity index (χ2n) is 6.44. The van der Waals surface area contributed by atoms with Gasteiger partial charge < -0.3 is 14.6 Å². The number of nitrogens with zero attached hydrogens (tertiary/aromatic N) is 1. The van der Waals surface area contributed by atoms with E-state index in [0.717, 1.165) is 5.56 Å². The van der Waals surface area contributed by atoms with Gasteiger partial charge in [-0.2, -0.15) is 0 Å². The van der Waals surface area contributed by atoms with Crippen LogP contribution in [-0.2, 0) is 16.0 Å². The van der Waals surface area contributed by atoms with Gasteiger partial charge >= 0.3 is 5.97 Å². The zero-order chi connectivity index (χ0) is 20.3. The van der Waals surface area contributed by atoms with E-state index in [0.29, 0.717) is 22.0 Å². The lowest BCUT2D eigenvalue weighted by molar-refractivity contribution is -0.131. The number of Topliss-reactive ketones (excluding diaryl/α,β-unsaturated/α-hetero) is 1. The normalized spacial score (nSPS) is 11.8. The molecule has 0 radical (unpaired) electrons. The lowest BCUT2D eigenvalue weighted by Crippen LogP contribution is -2.31. The number of methoxy groups -OCH3 is 1. The quantitative estimate of drug-likeness (QED) is 0.602. The first-order valence-corrected chi connectivity index (χ1v) is 8.87. The number of aromatic nitrogens is 1. The molecule has 1 heterocycles. The molecule has 1 amide bonds. The van der Waals surface area contributed by atoms with Crippen LogP contribution in [0.15, 0.2) is 24.3 Å². The molecule has 1 N–H and O–H groups in total. The largest absolute Gasteiger partial charge is 0.465 e. The molecule has 0 bridgehead atoms. The maximum atomic E-state index is 12.8. The Balaban J connectivity index is 2.28. The first-order chi connectivity index (χ1) is 12.7. The molecule has 2 aromatic rings. The van der Waals surface area contributed by atoms with Gasteiger partial charge in [0.15, 0.2) is 5.78 Å². The molecule has 7 heteroatoms. The molecule has 144 valence electrons. The fraction of sp³-hybridized carbons (Fsp3) is 0.350. The van der Waals surface area contributed by atoms with E-state index < -0.39 is 5.97 Å². The fourth-order valence-corrected chi connectivity index (χ4v) is 3.10. The minimum absolute atomic E-state index is 0.0486. The number of likely N-dealkylation sites (N-methyl/N-ethyl adjacent to an activating group) is 1. The molecule has 1 atom stereocenters. The summed E-state index contributed by atoms with van der Waals surface area (Å²) in [4.78, 5) is 41.2. The molecule has 6 nitrogen and oxygen atoms in total. The van der Waals surface area contributed by atoms with Crippen LogP contribution >= 0.6 is 11.6 Å². The standard InChI is InChI=1S/C20H23ClN2O4/c1-11-18(20(26)27-5)16(22-19(11)13(3)24)10-17(25)23(4)12(2)14-6-8-15(21)9-7-14/h6-9,12,22H,10H2,1-5H3. The van der Waals surface area contributed by atoms with Crippen molar-refractivity contribution in [3.05, 3.63) is 57.4 Å². The Kier molecular flexibility index (Phi) is 6.44. The van der Waals surface area contributed by atoms with Gasteiger partial charge in [0.2, 0.25) is 5.91 Å². The van der Waals surface area contributed by atoms with E-state index in [9.17, 15) is 14.4 Å². The highest BCUT2D eigenvalue weighted by atomic mass is 35.5. The van der Waals surface area contributed by atoms with E-state index in [4.69, 9.17) is 16.3 Å². The molecule has 0 fully saturated rings. The second-order valence-corrected chi connectivity index (χ2v) is 6.87. The second kappa shape index (κ2) is 8.39. The Hall–Kier alpha value is -2.60. The van der Waals surface area contributed by atoms with Crippen LogP contribution in [0.4, 0.5) is 0 Å². The first-order valence-electron chi connectivity index (χ1n) is 8.49. The molecule has 0 aliphatic carbocycles. The summed E-state index contributed by atoms with van der Waals surface area (Å²) in [5.41, 5.74) is 2.36. The van der Waals surface area contributed by atoms with Crippen LogP contribution in [0.5, 0.6) is 0 Å². The number of esters is 1. The molecule has 1 aromatic carbocycles. The lowest BCUT2D eigenvalue weighted by Gasteiger charge is -2.25. The van der Waals surface area contributed by atoms with Gasteiger partial charge in [-0.25, -0.2) is 4.79 Å². The van der Waals surface area contributed by atoms with Gasteiger partial charge in [0.1, 0.15) is 0 Å². The third kappa shape index (κ3) is 4.39. The number of H-pyrrole nitrogens is 1. The Morgan fingerprint density at radius 3 is 2.33 bits per heavy atom. The maximum Gasteiger partial charge on any atom is 0.339 e. The van der Waals surface area contributed by atoms with Crippen molar-refractivity contribution in [1.29, 1.82) is 0 Å². The predicted molar refractivity (Wildman–Crippen MR) is 103 cm³/mol. The van der Waals surface area contributed by atoms with E-state index in [1.165, 1.54) is 14.0 Å². The van der Waals surface area contributed by atoms with E-state index in [1.807, 2.05) is 19.1 Å². The van der Waals surface area contributed by atoms with Crippen LogP contribution in [0.25, 0.3) is 0 Å². The van der Waals surface area contributed by atoms with Crippen LogP contribution in [0.2, 0.25) is 5.02 Å². The summed E-state index contributed by atoms with van der Waals surface area (Å²) < 4.78 is 4.81. The highest BCUT2D eigenvalue weighted by Gasteiger charge is 2.26. The summed E-state index contributed by atoms with van der Waals surface area (Å²) in [5, 5.41) is 0.626. The Morgan fingerprint density at radius 1 is 1.22 bits per heavy atom. The van der Waals surface area contributed by atoms with E-state index in [1.54, 1.807) is 31.0 Å². The number of rotatable bonds is 6. The molecule has 2 rings (SSSR count). The van der Waals surface area contributed by atoms with Crippen LogP contribution in [-0.4, -0.2) is 41.7 Å². The van der Waals surface area contributed by atoms with Gasteiger partial charge in [-0.15, -0.1) is 0 Å². The van der Waals surface area contributed by atoms with Crippen molar-refractivity contribution < 1.29 is 19.1 Å². The number of halogens is 1. The number of hydrogen-bond donors (Lipinski definition) is 1. The molecule has 27 heavy (non-hydrogen) atoms. The number of ether oxygens (including phenoxy) is 1. The third-order valence-electron chi connectivity index (χ3n) is 4.72. The number of hydrogen-bond acceptors (Lipinski definition) is 4. The molecule has 0 saturated carbocycles. The van der Waals surface area contributed by atoms with Crippen LogP contribution in [0.1, 0.15) is 57.6 Å². The number of nitrogens with one attached hydrogen (secondary N) is 1. The molecule has 1 aromatic heterocycles. The molecule has 0 aliphatic rings. The Bertz CT molecular complexity index is 871. The van der Waals surface area contributed by atoms with Crippen LogP contribution in [0.3, 0.4) is 0 Å². The Labute approximate surface area is 163 Å². The fourth-order valence-electron chi connectivity index (χ4n) is 2.98. The zero-order valence-electron chi connectivity index (χ0n) is 16.1. The number of benzene rings is 1. The molecular weight excluding hydrogens is 368 g/mol. The van der Waals surface area contributed by atoms with Crippen LogP contribution < -0.4 is 0 Å². The summed E-state index contributed by atoms with van der Waals surface area (Å²) in [5.74, 6) is -0.981. The monoisotopic (exact) mass is 390 g/mol. The smallest absolute Gasteiger partial charge is 0.339 e. The van der Waals surface area contributed by atoms with Gasteiger partial charge in [0.05, 0.1) is 30.8 Å². The summed E-state index contributed by atoms with van der Waals surface area (Å²) in [6.07, 6.45) is -0.0486. The van der Waals surface area contributed by atoms with Gasteiger partial charge in [0, 0.05) is 24.7 Å². The van der Waals surface area contributed by atoms with Crippen molar-refractivity contribution in [2.75, 3.05) is 14.2 Å². The minimum atomic E-state index is -0.576. The summed E-state index contributed by atoms with van der Waals surface area (Å²) in [7, 11) is 2.96. The molecule has 0 aliphatic heterocycles. The van der Waals surface area contributed by atoms with E-state index in [2.05, 4.69) is 4.98 Å². The number of ketones is 1. The highest BCUT2D eigenvalue weighted by molar-refractivity contribution is 6.30. The minimum Gasteiger partial charge on any atom is -0.465 e. The predicted octanol–water partition coefficient (Wildman–Crippen LogP) is 3.73. The van der Waals surface area contributed by atoms with E-state index >= 15 is 0 Å². The number of aromatic amines is 1.